The summed E-state index contributed by atoms with van der Waals surface area (Å²) in [4.78, 5) is 35.0. The van der Waals surface area contributed by atoms with E-state index in [0.717, 1.165) is 11.1 Å². The fraction of sp³-hybridized carbons (Fsp3) is 0.167. The van der Waals surface area contributed by atoms with E-state index in [1.54, 1.807) is 18.3 Å². The van der Waals surface area contributed by atoms with Gasteiger partial charge in [-0.25, -0.2) is 4.98 Å². The average molecular weight is 463 g/mol. The quantitative estimate of drug-likeness (QED) is 0.313. The van der Waals surface area contributed by atoms with E-state index in [2.05, 4.69) is 6.58 Å². The van der Waals surface area contributed by atoms with Crippen LogP contribution in [0.3, 0.4) is 0 Å². The number of benzene rings is 1. The van der Waals surface area contributed by atoms with Crippen molar-refractivity contribution in [2.24, 2.45) is 0 Å². The van der Waals surface area contributed by atoms with Crippen LogP contribution in [0.15, 0.2) is 71.0 Å². The Bertz CT molecular complexity index is 1310. The van der Waals surface area contributed by atoms with Gasteiger partial charge in [0, 0.05) is 26.3 Å². The number of aromatic nitrogens is 2. The van der Waals surface area contributed by atoms with E-state index in [9.17, 15) is 9.59 Å². The Hall–Kier alpha value is -3.23. The first-order valence-corrected chi connectivity index (χ1v) is 11.3. The molecule has 0 radical (unpaired) electrons. The van der Waals surface area contributed by atoms with E-state index in [0.29, 0.717) is 39.3 Å². The smallest absolute Gasteiger partial charge is 0.267 e. The molecule has 1 aliphatic rings. The molecule has 0 aliphatic carbocycles. The lowest BCUT2D eigenvalue weighted by atomic mass is 10.2. The van der Waals surface area contributed by atoms with E-state index >= 15 is 0 Å². The minimum Gasteiger partial charge on any atom is -0.355 e. The Kier molecular flexibility index (Phi) is 6.25. The lowest BCUT2D eigenvalue weighted by Crippen LogP contribution is -2.28. The topological polar surface area (TPSA) is 57.9 Å². The fourth-order valence-electron chi connectivity index (χ4n) is 3.57. The van der Waals surface area contributed by atoms with Gasteiger partial charge >= 0.3 is 0 Å². The highest BCUT2D eigenvalue weighted by Gasteiger charge is 2.32. The van der Waals surface area contributed by atoms with Crippen LogP contribution < -0.4 is 10.5 Å². The molecule has 3 aromatic rings. The number of hydrogen-bond acceptors (Lipinski definition) is 6. The van der Waals surface area contributed by atoms with Crippen LogP contribution in [0.5, 0.6) is 0 Å². The normalized spacial score (nSPS) is 15.1. The van der Waals surface area contributed by atoms with Gasteiger partial charge in [0.2, 0.25) is 0 Å². The summed E-state index contributed by atoms with van der Waals surface area (Å²) < 4.78 is 1.97. The van der Waals surface area contributed by atoms with Crippen molar-refractivity contribution in [1.82, 2.24) is 14.3 Å². The van der Waals surface area contributed by atoms with E-state index in [-0.39, 0.29) is 11.5 Å². The van der Waals surface area contributed by atoms with Gasteiger partial charge in [-0.1, -0.05) is 66.5 Å². The summed E-state index contributed by atoms with van der Waals surface area (Å²) in [7, 11) is 1.89. The molecular weight excluding hydrogens is 440 g/mol. The molecule has 0 spiro atoms. The van der Waals surface area contributed by atoms with Crippen LogP contribution >= 0.6 is 24.0 Å². The summed E-state index contributed by atoms with van der Waals surface area (Å²) in [5, 5.41) is 0. The molecule has 1 amide bonds. The van der Waals surface area contributed by atoms with Crippen LogP contribution in [0, 0.1) is 6.92 Å². The van der Waals surface area contributed by atoms with E-state index in [1.807, 2.05) is 61.3 Å². The minimum atomic E-state index is -0.234. The third-order valence-corrected chi connectivity index (χ3v) is 6.53. The molecule has 162 valence electrons. The molecule has 1 aliphatic heterocycles. The van der Waals surface area contributed by atoms with Crippen LogP contribution in [0.2, 0.25) is 0 Å². The van der Waals surface area contributed by atoms with Crippen LogP contribution in [-0.2, 0) is 11.3 Å². The van der Waals surface area contributed by atoms with Crippen molar-refractivity contribution in [3.63, 3.8) is 0 Å². The maximum absolute atomic E-state index is 13.5. The highest BCUT2D eigenvalue weighted by Crippen LogP contribution is 2.33. The standard InChI is InChI=1S/C24H22N4O2S2/c1-4-12-28-23(30)19(32-24(28)31)14-18-21(26(3)15-17-10-6-5-7-11-17)25-20-16(2)9-8-13-27(20)22(18)29/h4-11,13-14H,1,12,15H2,2-3H3. The summed E-state index contributed by atoms with van der Waals surface area (Å²) in [5.74, 6) is 0.285. The van der Waals surface area contributed by atoms with Gasteiger partial charge in [0.25, 0.3) is 11.5 Å². The lowest BCUT2D eigenvalue weighted by Gasteiger charge is -2.21. The molecule has 1 aromatic carbocycles. The molecule has 1 fully saturated rings. The maximum Gasteiger partial charge on any atom is 0.267 e. The molecule has 6 nitrogen and oxygen atoms in total. The van der Waals surface area contributed by atoms with Crippen LogP contribution in [-0.4, -0.2) is 38.1 Å². The number of hydrogen-bond donors (Lipinski definition) is 0. The second kappa shape index (κ2) is 9.10. The van der Waals surface area contributed by atoms with Gasteiger partial charge in [0.1, 0.15) is 15.8 Å². The summed E-state index contributed by atoms with van der Waals surface area (Å²) >= 11 is 6.53. The number of nitrogens with zero attached hydrogens (tertiary/aromatic N) is 4. The number of carbonyl (C=O) groups excluding carboxylic acids is 1. The number of carbonyl (C=O) groups is 1. The van der Waals surface area contributed by atoms with Gasteiger partial charge in [-0.15, -0.1) is 6.58 Å². The maximum atomic E-state index is 13.5. The number of pyridine rings is 1. The van der Waals surface area contributed by atoms with Crippen LogP contribution in [0.4, 0.5) is 5.82 Å². The predicted octanol–water partition coefficient (Wildman–Crippen LogP) is 4.03. The monoisotopic (exact) mass is 462 g/mol. The Morgan fingerprint density at radius 2 is 1.94 bits per heavy atom. The number of fused-ring (bicyclic) bond motifs is 1. The molecule has 0 atom stereocenters. The summed E-state index contributed by atoms with van der Waals surface area (Å²) in [5.41, 5.74) is 2.69. The zero-order valence-corrected chi connectivity index (χ0v) is 19.4. The van der Waals surface area contributed by atoms with Gasteiger partial charge in [0.15, 0.2) is 0 Å². The zero-order chi connectivity index (χ0) is 22.8. The van der Waals surface area contributed by atoms with Crippen molar-refractivity contribution in [3.8, 4) is 0 Å². The summed E-state index contributed by atoms with van der Waals surface area (Å²) in [6, 6.07) is 13.7. The number of rotatable bonds is 6. The SMILES string of the molecule is C=CCN1C(=O)C(=Cc2c(N(C)Cc3ccccc3)nc3c(C)cccn3c2=O)SC1=S. The van der Waals surface area contributed by atoms with Gasteiger partial charge in [-0.05, 0) is 30.2 Å². The minimum absolute atomic E-state index is 0.231. The third kappa shape index (κ3) is 4.11. The number of thiocarbonyl (C=S) groups is 1. The van der Waals surface area contributed by atoms with Gasteiger partial charge in [-0.2, -0.15) is 0 Å². The Morgan fingerprint density at radius 1 is 1.19 bits per heavy atom. The van der Waals surface area contributed by atoms with Crippen molar-refractivity contribution >= 4 is 51.7 Å². The Labute approximate surface area is 195 Å². The molecule has 8 heteroatoms. The predicted molar refractivity (Wildman–Crippen MR) is 135 cm³/mol. The molecule has 0 bridgehead atoms. The molecule has 0 saturated carbocycles. The van der Waals surface area contributed by atoms with Crippen molar-refractivity contribution in [3.05, 3.63) is 93.3 Å². The molecule has 4 rings (SSSR count). The van der Waals surface area contributed by atoms with E-state index in [1.165, 1.54) is 21.1 Å². The van der Waals surface area contributed by atoms with E-state index < -0.39 is 0 Å². The molecule has 2 aromatic heterocycles. The van der Waals surface area contributed by atoms with Crippen LogP contribution in [0.25, 0.3) is 11.7 Å². The molecule has 0 unspecified atom stereocenters. The number of anilines is 1. The first-order chi connectivity index (χ1) is 15.4. The Balaban J connectivity index is 1.87. The Morgan fingerprint density at radius 3 is 2.66 bits per heavy atom. The molecular formula is C24H22N4O2S2. The second-order valence-corrected chi connectivity index (χ2v) is 9.14. The first kappa shape index (κ1) is 22.0. The van der Waals surface area contributed by atoms with Crippen molar-refractivity contribution in [2.45, 2.75) is 13.5 Å². The van der Waals surface area contributed by atoms with Gasteiger partial charge in [-0.3, -0.25) is 18.9 Å². The molecule has 3 heterocycles. The summed E-state index contributed by atoms with van der Waals surface area (Å²) in [6.07, 6.45) is 4.93. The number of thioether (sulfide) groups is 1. The average Bonchev–Trinajstić information content (AvgIpc) is 3.04. The van der Waals surface area contributed by atoms with Gasteiger partial charge in [0.05, 0.1) is 10.5 Å². The van der Waals surface area contributed by atoms with Gasteiger partial charge < -0.3 is 4.90 Å². The van der Waals surface area contributed by atoms with Crippen molar-refractivity contribution in [1.29, 1.82) is 0 Å². The molecule has 0 N–H and O–H groups in total. The lowest BCUT2D eigenvalue weighted by molar-refractivity contribution is -0.121. The van der Waals surface area contributed by atoms with Crippen molar-refractivity contribution in [2.75, 3.05) is 18.5 Å². The molecule has 32 heavy (non-hydrogen) atoms. The second-order valence-electron chi connectivity index (χ2n) is 7.46. The largest absolute Gasteiger partial charge is 0.355 e. The number of amides is 1. The number of aryl methyl sites for hydroxylation is 1. The van der Waals surface area contributed by atoms with Crippen molar-refractivity contribution < 1.29 is 4.79 Å². The molecule has 1 saturated heterocycles. The first-order valence-electron chi connectivity index (χ1n) is 10.0. The summed E-state index contributed by atoms with van der Waals surface area (Å²) in [6.45, 7) is 6.50. The van der Waals surface area contributed by atoms with Crippen LogP contribution in [0.1, 0.15) is 16.7 Å². The highest BCUT2D eigenvalue weighted by atomic mass is 32.2. The zero-order valence-electron chi connectivity index (χ0n) is 17.8. The van der Waals surface area contributed by atoms with E-state index in [4.69, 9.17) is 17.2 Å². The highest BCUT2D eigenvalue weighted by molar-refractivity contribution is 8.26. The fourth-order valence-corrected chi connectivity index (χ4v) is 4.82. The third-order valence-electron chi connectivity index (χ3n) is 5.15.